The molecule has 0 radical (unpaired) electrons. The minimum Gasteiger partial charge on any atom is -0.476 e. The highest BCUT2D eigenvalue weighted by atomic mass is 16.5. The Bertz CT molecular complexity index is 535. The van der Waals surface area contributed by atoms with Gasteiger partial charge in [-0.2, -0.15) is 5.10 Å². The van der Waals surface area contributed by atoms with Crippen molar-refractivity contribution in [3.63, 3.8) is 0 Å². The first-order chi connectivity index (χ1) is 9.22. The van der Waals surface area contributed by atoms with Crippen LogP contribution in [0.5, 0.6) is 0 Å². The fourth-order valence-corrected chi connectivity index (χ4v) is 1.75. The van der Waals surface area contributed by atoms with E-state index in [1.54, 1.807) is 22.7 Å². The lowest BCUT2D eigenvalue weighted by Gasteiger charge is -2.06. The first-order valence-corrected chi connectivity index (χ1v) is 5.84. The van der Waals surface area contributed by atoms with Crippen molar-refractivity contribution in [1.82, 2.24) is 24.8 Å². The second kappa shape index (κ2) is 6.10. The third kappa shape index (κ3) is 3.16. The van der Waals surface area contributed by atoms with Crippen molar-refractivity contribution in [2.75, 3.05) is 13.7 Å². The molecule has 0 spiro atoms. The predicted molar refractivity (Wildman–Crippen MR) is 64.8 cm³/mol. The molecule has 2 rings (SSSR count). The number of aryl methyl sites for hydroxylation is 2. The van der Waals surface area contributed by atoms with E-state index in [2.05, 4.69) is 15.4 Å². The van der Waals surface area contributed by atoms with E-state index < -0.39 is 5.97 Å². The van der Waals surface area contributed by atoms with Gasteiger partial charge in [-0.25, -0.2) is 9.48 Å². The third-order valence-corrected chi connectivity index (χ3v) is 2.68. The smallest absolute Gasteiger partial charge is 0.358 e. The minimum absolute atomic E-state index is 0.0162. The van der Waals surface area contributed by atoms with Crippen LogP contribution < -0.4 is 0 Å². The van der Waals surface area contributed by atoms with Gasteiger partial charge in [0.1, 0.15) is 0 Å². The number of aromatic nitrogens is 5. The highest BCUT2D eigenvalue weighted by Crippen LogP contribution is 2.07. The largest absolute Gasteiger partial charge is 0.476 e. The van der Waals surface area contributed by atoms with Crippen LogP contribution in [0.4, 0.5) is 0 Å². The van der Waals surface area contributed by atoms with E-state index in [-0.39, 0.29) is 5.69 Å². The molecule has 0 aliphatic rings. The molecule has 102 valence electrons. The Hall–Kier alpha value is -2.22. The monoisotopic (exact) mass is 265 g/mol. The van der Waals surface area contributed by atoms with Gasteiger partial charge in [0.05, 0.1) is 25.4 Å². The number of rotatable bonds is 7. The molecule has 0 atom stereocenters. The molecule has 0 saturated carbocycles. The number of carbonyl (C=O) groups is 1. The molecule has 1 N–H and O–H groups in total. The fraction of sp³-hybridized carbons (Fsp3) is 0.455. The maximum Gasteiger partial charge on any atom is 0.358 e. The first-order valence-electron chi connectivity index (χ1n) is 5.84. The highest BCUT2D eigenvalue weighted by molar-refractivity contribution is 5.86. The zero-order valence-electron chi connectivity index (χ0n) is 10.6. The highest BCUT2D eigenvalue weighted by Gasteiger charge is 2.18. The Morgan fingerprint density at radius 1 is 1.47 bits per heavy atom. The number of hydrogen-bond acceptors (Lipinski definition) is 5. The summed E-state index contributed by atoms with van der Waals surface area (Å²) in [4.78, 5) is 11.1. The number of carboxylic acids is 1. The molecular formula is C11H15N5O3. The van der Waals surface area contributed by atoms with E-state index in [4.69, 9.17) is 9.84 Å². The molecule has 19 heavy (non-hydrogen) atoms. The summed E-state index contributed by atoms with van der Waals surface area (Å²) in [5.74, 6) is -1.07. The van der Waals surface area contributed by atoms with Gasteiger partial charge in [0, 0.05) is 25.9 Å². The van der Waals surface area contributed by atoms with Crippen molar-refractivity contribution >= 4 is 5.97 Å². The molecule has 0 unspecified atom stereocenters. The van der Waals surface area contributed by atoms with Crippen molar-refractivity contribution < 1.29 is 14.6 Å². The van der Waals surface area contributed by atoms with Crippen LogP contribution >= 0.6 is 0 Å². The van der Waals surface area contributed by atoms with Crippen molar-refractivity contribution in [2.24, 2.45) is 0 Å². The van der Waals surface area contributed by atoms with Gasteiger partial charge >= 0.3 is 5.97 Å². The molecule has 0 bridgehead atoms. The average Bonchev–Trinajstić information content (AvgIpc) is 3.03. The van der Waals surface area contributed by atoms with E-state index >= 15 is 0 Å². The Labute approximate surface area is 109 Å². The predicted octanol–water partition coefficient (Wildman–Crippen LogP) is 0.0619. The molecule has 0 aliphatic heterocycles. The van der Waals surface area contributed by atoms with Gasteiger partial charge < -0.3 is 9.84 Å². The Balaban J connectivity index is 2.12. The summed E-state index contributed by atoms with van der Waals surface area (Å²) in [6, 6.07) is 1.83. The lowest BCUT2D eigenvalue weighted by atomic mass is 10.2. The van der Waals surface area contributed by atoms with Gasteiger partial charge in [-0.05, 0) is 6.07 Å². The van der Waals surface area contributed by atoms with Crippen molar-refractivity contribution in [3.05, 3.63) is 29.8 Å². The zero-order chi connectivity index (χ0) is 13.7. The Kier molecular flexibility index (Phi) is 4.24. The van der Waals surface area contributed by atoms with Crippen molar-refractivity contribution in [3.8, 4) is 0 Å². The molecule has 0 saturated heterocycles. The number of aromatic carboxylic acids is 1. The normalized spacial score (nSPS) is 10.8. The summed E-state index contributed by atoms with van der Waals surface area (Å²) >= 11 is 0. The second-order valence-corrected chi connectivity index (χ2v) is 3.92. The standard InChI is InChI=1S/C11H15N5O3/c1-19-8-3-9-10(11(17)18)13-14-16(9)7-6-15-5-2-4-12-15/h2,4-5H,3,6-8H2,1H3,(H,17,18). The molecule has 2 aromatic heterocycles. The van der Waals surface area contributed by atoms with E-state index in [0.29, 0.717) is 31.8 Å². The molecule has 0 aromatic carbocycles. The zero-order valence-corrected chi connectivity index (χ0v) is 10.6. The quantitative estimate of drug-likeness (QED) is 0.760. The van der Waals surface area contributed by atoms with Crippen molar-refractivity contribution in [2.45, 2.75) is 19.5 Å². The van der Waals surface area contributed by atoms with E-state index in [1.807, 2.05) is 12.3 Å². The lowest BCUT2D eigenvalue weighted by Crippen LogP contribution is -2.14. The van der Waals surface area contributed by atoms with Crippen LogP contribution in [-0.4, -0.2) is 49.6 Å². The molecule has 8 heteroatoms. The number of methoxy groups -OCH3 is 1. The molecule has 2 aromatic rings. The average molecular weight is 265 g/mol. The van der Waals surface area contributed by atoms with Crippen LogP contribution in [0.3, 0.4) is 0 Å². The first kappa shape index (κ1) is 13.2. The summed E-state index contributed by atoms with van der Waals surface area (Å²) < 4.78 is 8.32. The van der Waals surface area contributed by atoms with Gasteiger partial charge in [-0.15, -0.1) is 5.10 Å². The maximum atomic E-state index is 11.1. The lowest BCUT2D eigenvalue weighted by molar-refractivity contribution is 0.0688. The fourth-order valence-electron chi connectivity index (χ4n) is 1.75. The van der Waals surface area contributed by atoms with Crippen LogP contribution in [0.25, 0.3) is 0 Å². The number of carboxylic acid groups (broad SMARTS) is 1. The Morgan fingerprint density at radius 3 is 2.95 bits per heavy atom. The van der Waals surface area contributed by atoms with Crippen LogP contribution in [0, 0.1) is 0 Å². The van der Waals surface area contributed by atoms with Crippen LogP contribution in [0.15, 0.2) is 18.5 Å². The third-order valence-electron chi connectivity index (χ3n) is 2.68. The topological polar surface area (TPSA) is 95.1 Å². The minimum atomic E-state index is -1.07. The number of hydrogen-bond donors (Lipinski definition) is 1. The van der Waals surface area contributed by atoms with E-state index in [1.165, 1.54) is 0 Å². The van der Waals surface area contributed by atoms with E-state index in [0.717, 1.165) is 0 Å². The van der Waals surface area contributed by atoms with E-state index in [9.17, 15) is 4.79 Å². The number of nitrogens with zero attached hydrogens (tertiary/aromatic N) is 5. The molecule has 0 fully saturated rings. The van der Waals surface area contributed by atoms with Gasteiger partial charge in [-0.3, -0.25) is 4.68 Å². The summed E-state index contributed by atoms with van der Waals surface area (Å²) in [6.45, 7) is 1.55. The maximum absolute atomic E-state index is 11.1. The van der Waals surface area contributed by atoms with Crippen LogP contribution in [0.2, 0.25) is 0 Å². The van der Waals surface area contributed by atoms with Crippen LogP contribution in [0.1, 0.15) is 16.2 Å². The summed E-state index contributed by atoms with van der Waals surface area (Å²) in [5, 5.41) is 20.7. The molecule has 0 amide bonds. The summed E-state index contributed by atoms with van der Waals surface area (Å²) in [6.07, 6.45) is 3.99. The Morgan fingerprint density at radius 2 is 2.32 bits per heavy atom. The number of ether oxygens (including phenoxy) is 1. The second-order valence-electron chi connectivity index (χ2n) is 3.92. The van der Waals surface area contributed by atoms with Gasteiger partial charge in [-0.1, -0.05) is 5.21 Å². The van der Waals surface area contributed by atoms with Gasteiger partial charge in [0.2, 0.25) is 0 Å². The SMILES string of the molecule is COCCc1c(C(=O)O)nnn1CCn1cccn1. The summed E-state index contributed by atoms with van der Waals surface area (Å²) in [7, 11) is 1.57. The molecule has 0 aliphatic carbocycles. The van der Waals surface area contributed by atoms with Gasteiger partial charge in [0.25, 0.3) is 0 Å². The van der Waals surface area contributed by atoms with Crippen LogP contribution in [-0.2, 0) is 24.2 Å². The molecule has 2 heterocycles. The molecular weight excluding hydrogens is 250 g/mol. The molecule has 8 nitrogen and oxygen atoms in total. The van der Waals surface area contributed by atoms with Crippen molar-refractivity contribution in [1.29, 1.82) is 0 Å². The van der Waals surface area contributed by atoms with Gasteiger partial charge in [0.15, 0.2) is 5.69 Å². The summed E-state index contributed by atoms with van der Waals surface area (Å²) in [5.41, 5.74) is 0.555.